The van der Waals surface area contributed by atoms with Crippen molar-refractivity contribution in [1.29, 1.82) is 0 Å². The van der Waals surface area contributed by atoms with Crippen LogP contribution in [0.15, 0.2) is 0 Å². The van der Waals surface area contributed by atoms with Crippen molar-refractivity contribution < 1.29 is 18.7 Å². The second kappa shape index (κ2) is 2.48. The Balaban J connectivity index is 2.67. The van der Waals surface area contributed by atoms with Crippen LogP contribution in [0.4, 0.5) is 9.18 Å². The van der Waals surface area contributed by atoms with E-state index >= 15 is 0 Å². The topological polar surface area (TPSA) is 35.5 Å². The van der Waals surface area contributed by atoms with Gasteiger partial charge in [-0.05, 0) is 0 Å². The van der Waals surface area contributed by atoms with Crippen LogP contribution in [0.25, 0.3) is 0 Å². The van der Waals surface area contributed by atoms with Crippen LogP contribution in [0.3, 0.4) is 0 Å². The van der Waals surface area contributed by atoms with Crippen molar-refractivity contribution in [2.24, 2.45) is 0 Å². The Morgan fingerprint density at radius 3 is 2.09 bits per heavy atom. The first-order valence-electron chi connectivity index (χ1n) is 3.42. The number of cyclic esters (lactones) is 2. The van der Waals surface area contributed by atoms with Crippen molar-refractivity contribution in [2.45, 2.75) is 31.7 Å². The Morgan fingerprint density at radius 1 is 1.36 bits per heavy atom. The van der Waals surface area contributed by atoms with Crippen LogP contribution in [0, 0.1) is 0 Å². The molecular formula is C6H11FO3Si. The molecule has 1 rings (SSSR count). The van der Waals surface area contributed by atoms with Crippen LogP contribution < -0.4 is 0 Å². The smallest absolute Gasteiger partial charge is 0.428 e. The number of carbonyl (C=O) groups excluding carboxylic acids is 1. The predicted octanol–water partition coefficient (Wildman–Crippen LogP) is 1.69. The highest BCUT2D eigenvalue weighted by atomic mass is 28.3. The molecule has 1 saturated heterocycles. The van der Waals surface area contributed by atoms with E-state index in [9.17, 15) is 9.18 Å². The van der Waals surface area contributed by atoms with Crippen LogP contribution in [-0.2, 0) is 9.47 Å². The standard InChI is InChI=1S/C6H11FO3Si/c1-11(2,3)5-4(7)9-6(8)10-5/h4-5H,1-3H3. The normalized spacial score (nSPS) is 31.5. The van der Waals surface area contributed by atoms with Crippen LogP contribution in [0.5, 0.6) is 0 Å². The van der Waals surface area contributed by atoms with Crippen molar-refractivity contribution in [3.05, 3.63) is 0 Å². The number of carbonyl (C=O) groups is 1. The largest absolute Gasteiger partial charge is 0.511 e. The molecule has 0 aromatic heterocycles. The van der Waals surface area contributed by atoms with Crippen molar-refractivity contribution >= 4 is 14.2 Å². The maximum absolute atomic E-state index is 12.8. The summed E-state index contributed by atoms with van der Waals surface area (Å²) in [6.07, 6.45) is -2.45. The van der Waals surface area contributed by atoms with Gasteiger partial charge in [0.15, 0.2) is 5.73 Å². The van der Waals surface area contributed by atoms with Crippen molar-refractivity contribution in [3.63, 3.8) is 0 Å². The number of alkyl halides is 1. The molecule has 0 amide bonds. The summed E-state index contributed by atoms with van der Waals surface area (Å²) in [4.78, 5) is 10.4. The fourth-order valence-corrected chi connectivity index (χ4v) is 2.21. The van der Waals surface area contributed by atoms with Crippen molar-refractivity contribution in [3.8, 4) is 0 Å². The zero-order valence-corrected chi connectivity index (χ0v) is 7.76. The third-order valence-corrected chi connectivity index (χ3v) is 3.61. The van der Waals surface area contributed by atoms with E-state index in [-0.39, 0.29) is 0 Å². The SMILES string of the molecule is C[Si](C)(C)C1OC(=O)OC1F. The van der Waals surface area contributed by atoms with Crippen LogP contribution >= 0.6 is 0 Å². The Hall–Kier alpha value is -0.583. The fourth-order valence-electron chi connectivity index (χ4n) is 0.909. The van der Waals surface area contributed by atoms with E-state index in [4.69, 9.17) is 0 Å². The summed E-state index contributed by atoms with van der Waals surface area (Å²) in [6, 6.07) is 0. The van der Waals surface area contributed by atoms with E-state index in [0.717, 1.165) is 0 Å². The minimum atomic E-state index is -1.77. The maximum atomic E-state index is 12.8. The summed E-state index contributed by atoms with van der Waals surface area (Å²) >= 11 is 0. The van der Waals surface area contributed by atoms with E-state index in [1.165, 1.54) is 0 Å². The summed E-state index contributed by atoms with van der Waals surface area (Å²) in [5, 5.41) is 0. The molecule has 1 aliphatic heterocycles. The summed E-state index contributed by atoms with van der Waals surface area (Å²) in [5.41, 5.74) is -0.644. The van der Waals surface area contributed by atoms with Gasteiger partial charge in [-0.3, -0.25) is 0 Å². The van der Waals surface area contributed by atoms with E-state index in [2.05, 4.69) is 9.47 Å². The molecule has 0 aliphatic carbocycles. The molecular weight excluding hydrogens is 167 g/mol. The van der Waals surface area contributed by atoms with E-state index in [0.29, 0.717) is 0 Å². The van der Waals surface area contributed by atoms with Gasteiger partial charge < -0.3 is 9.47 Å². The molecule has 64 valence electrons. The molecule has 0 radical (unpaired) electrons. The quantitative estimate of drug-likeness (QED) is 0.453. The van der Waals surface area contributed by atoms with Gasteiger partial charge >= 0.3 is 6.16 Å². The van der Waals surface area contributed by atoms with Crippen molar-refractivity contribution in [1.82, 2.24) is 0 Å². The Morgan fingerprint density at radius 2 is 1.91 bits per heavy atom. The van der Waals surface area contributed by atoms with Gasteiger partial charge in [0.2, 0.25) is 0 Å². The Bertz CT molecular complexity index is 177. The van der Waals surface area contributed by atoms with E-state index in [1.54, 1.807) is 0 Å². The second-order valence-corrected chi connectivity index (χ2v) is 8.92. The van der Waals surface area contributed by atoms with E-state index in [1.807, 2.05) is 19.6 Å². The fraction of sp³-hybridized carbons (Fsp3) is 0.833. The highest BCUT2D eigenvalue weighted by molar-refractivity contribution is 6.77. The molecule has 2 atom stereocenters. The number of rotatable bonds is 1. The highest BCUT2D eigenvalue weighted by Crippen LogP contribution is 2.24. The van der Waals surface area contributed by atoms with Gasteiger partial charge in [-0.2, -0.15) is 4.39 Å². The molecule has 5 heteroatoms. The minimum absolute atomic E-state index is 0.644. The lowest BCUT2D eigenvalue weighted by Gasteiger charge is -2.21. The van der Waals surface area contributed by atoms with Gasteiger partial charge in [-0.15, -0.1) is 0 Å². The molecule has 0 N–H and O–H groups in total. The zero-order valence-electron chi connectivity index (χ0n) is 6.76. The van der Waals surface area contributed by atoms with Gasteiger partial charge in [0, 0.05) is 0 Å². The third kappa shape index (κ3) is 1.71. The van der Waals surface area contributed by atoms with Gasteiger partial charge in [0.05, 0.1) is 0 Å². The molecule has 11 heavy (non-hydrogen) atoms. The highest BCUT2D eigenvalue weighted by Gasteiger charge is 2.45. The molecule has 1 aliphatic rings. The molecule has 1 heterocycles. The second-order valence-electron chi connectivity index (χ2n) is 3.62. The van der Waals surface area contributed by atoms with E-state index < -0.39 is 26.3 Å². The van der Waals surface area contributed by atoms with Gasteiger partial charge in [-0.1, -0.05) is 19.6 Å². The lowest BCUT2D eigenvalue weighted by Crippen LogP contribution is -2.43. The molecule has 0 bridgehead atoms. The number of hydrogen-bond donors (Lipinski definition) is 0. The van der Waals surface area contributed by atoms with Gasteiger partial charge in [-0.25, -0.2) is 4.79 Å². The first-order chi connectivity index (χ1) is 4.91. The Labute approximate surface area is 65.5 Å². The number of halogens is 1. The number of hydrogen-bond acceptors (Lipinski definition) is 3. The van der Waals surface area contributed by atoms with Crippen LogP contribution in [0.1, 0.15) is 0 Å². The third-order valence-electron chi connectivity index (χ3n) is 1.52. The summed E-state index contributed by atoms with van der Waals surface area (Å²) in [7, 11) is -1.77. The van der Waals surface area contributed by atoms with Crippen molar-refractivity contribution in [2.75, 3.05) is 0 Å². The van der Waals surface area contributed by atoms with Gasteiger partial charge in [0.1, 0.15) is 8.07 Å². The summed E-state index contributed by atoms with van der Waals surface area (Å²) < 4.78 is 21.7. The molecule has 0 aromatic rings. The molecule has 0 spiro atoms. The molecule has 2 unspecified atom stereocenters. The molecule has 0 aromatic carbocycles. The summed E-state index contributed by atoms with van der Waals surface area (Å²) in [6.45, 7) is 5.77. The maximum Gasteiger partial charge on any atom is 0.511 e. The molecule has 0 saturated carbocycles. The zero-order chi connectivity index (χ0) is 8.65. The number of ether oxygens (including phenoxy) is 2. The average Bonchev–Trinajstić information content (AvgIpc) is 2.08. The lowest BCUT2D eigenvalue weighted by atomic mass is 10.7. The first kappa shape index (κ1) is 8.51. The lowest BCUT2D eigenvalue weighted by molar-refractivity contribution is 0.0492. The summed E-state index contributed by atoms with van der Waals surface area (Å²) in [5.74, 6) is 0. The molecule has 3 nitrogen and oxygen atoms in total. The molecule has 1 fully saturated rings. The predicted molar refractivity (Wildman–Crippen MR) is 39.6 cm³/mol. The minimum Gasteiger partial charge on any atom is -0.428 e. The van der Waals surface area contributed by atoms with Crippen LogP contribution in [0.2, 0.25) is 19.6 Å². The monoisotopic (exact) mass is 178 g/mol. The van der Waals surface area contributed by atoms with Gasteiger partial charge in [0.25, 0.3) is 6.36 Å². The van der Waals surface area contributed by atoms with Crippen LogP contribution in [-0.4, -0.2) is 26.3 Å². The average molecular weight is 178 g/mol. The first-order valence-corrected chi connectivity index (χ1v) is 7.00. The Kier molecular flexibility index (Phi) is 1.92.